The fraction of sp³-hybridized carbons (Fsp3) is 0.471. The van der Waals surface area contributed by atoms with Gasteiger partial charge in [-0.2, -0.15) is 0 Å². The van der Waals surface area contributed by atoms with E-state index in [1.54, 1.807) is 12.1 Å². The molecular weight excluding hydrogens is 392 g/mol. The second-order valence-electron chi connectivity index (χ2n) is 6.07. The first-order valence-electron chi connectivity index (χ1n) is 8.09. The number of ether oxygens (including phenoxy) is 1. The van der Waals surface area contributed by atoms with Crippen molar-refractivity contribution in [2.75, 3.05) is 6.61 Å². The topological polar surface area (TPSA) is 105 Å². The lowest BCUT2D eigenvalue weighted by Crippen LogP contribution is -2.49. The van der Waals surface area contributed by atoms with Gasteiger partial charge in [-0.05, 0) is 43.5 Å². The van der Waals surface area contributed by atoms with Crippen molar-refractivity contribution in [3.05, 3.63) is 28.2 Å². The Balaban J connectivity index is 1.79. The number of hydrazine groups is 1. The number of aryl methyl sites for hydroxylation is 1. The van der Waals surface area contributed by atoms with Crippen LogP contribution in [0.15, 0.2) is 22.7 Å². The molecular formula is C17H21BrN2O5. The molecule has 0 spiro atoms. The third kappa shape index (κ3) is 5.45. The Morgan fingerprint density at radius 1 is 1.20 bits per heavy atom. The van der Waals surface area contributed by atoms with E-state index in [9.17, 15) is 19.5 Å². The van der Waals surface area contributed by atoms with Gasteiger partial charge in [-0.15, -0.1) is 0 Å². The van der Waals surface area contributed by atoms with E-state index in [1.807, 2.05) is 13.0 Å². The van der Waals surface area contributed by atoms with Crippen molar-refractivity contribution < 1.29 is 24.2 Å². The van der Waals surface area contributed by atoms with E-state index in [1.165, 1.54) is 0 Å². The fourth-order valence-corrected chi connectivity index (χ4v) is 3.10. The number of halogens is 1. The highest BCUT2D eigenvalue weighted by Crippen LogP contribution is 2.30. The van der Waals surface area contributed by atoms with Gasteiger partial charge in [0.05, 0.1) is 11.8 Å². The van der Waals surface area contributed by atoms with Crippen molar-refractivity contribution in [1.29, 1.82) is 0 Å². The van der Waals surface area contributed by atoms with Crippen LogP contribution in [-0.4, -0.2) is 29.5 Å². The van der Waals surface area contributed by atoms with Crippen molar-refractivity contribution in [2.45, 2.75) is 32.6 Å². The van der Waals surface area contributed by atoms with Crippen LogP contribution < -0.4 is 15.6 Å². The molecule has 2 amide bonds. The number of carboxylic acids is 1. The predicted molar refractivity (Wildman–Crippen MR) is 93.7 cm³/mol. The number of amides is 2. The van der Waals surface area contributed by atoms with Crippen molar-refractivity contribution in [2.24, 2.45) is 11.8 Å². The van der Waals surface area contributed by atoms with E-state index >= 15 is 0 Å². The lowest BCUT2D eigenvalue weighted by Gasteiger charge is -2.27. The summed E-state index contributed by atoms with van der Waals surface area (Å²) < 4.78 is 6.30. The fourth-order valence-electron chi connectivity index (χ4n) is 2.86. The summed E-state index contributed by atoms with van der Waals surface area (Å²) in [5.41, 5.74) is 5.55. The molecule has 7 nitrogen and oxygen atoms in total. The summed E-state index contributed by atoms with van der Waals surface area (Å²) in [6, 6.07) is 5.33. The maximum Gasteiger partial charge on any atom is 0.307 e. The Labute approximate surface area is 154 Å². The number of carboxylic acid groups (broad SMARTS) is 1. The number of aliphatic carboxylic acids is 1. The largest absolute Gasteiger partial charge is 0.484 e. The number of hydrogen-bond acceptors (Lipinski definition) is 4. The van der Waals surface area contributed by atoms with E-state index in [4.69, 9.17) is 4.74 Å². The minimum absolute atomic E-state index is 0.256. The van der Waals surface area contributed by atoms with Gasteiger partial charge in [0.2, 0.25) is 5.91 Å². The molecule has 0 unspecified atom stereocenters. The molecule has 1 aromatic rings. The lowest BCUT2D eigenvalue weighted by atomic mass is 9.79. The molecule has 3 N–H and O–H groups in total. The molecule has 25 heavy (non-hydrogen) atoms. The van der Waals surface area contributed by atoms with Crippen molar-refractivity contribution in [1.82, 2.24) is 10.9 Å². The number of nitrogens with one attached hydrogen (secondary N) is 2. The Morgan fingerprint density at radius 3 is 2.52 bits per heavy atom. The Morgan fingerprint density at radius 2 is 1.88 bits per heavy atom. The molecule has 0 aromatic heterocycles. The highest BCUT2D eigenvalue weighted by Gasteiger charge is 2.35. The van der Waals surface area contributed by atoms with Crippen LogP contribution in [0.25, 0.3) is 0 Å². The standard InChI is InChI=1S/C17H21BrN2O5/c1-10-8-11(6-7-14(10)18)25-9-15(21)19-20-16(22)12-4-2-3-5-13(12)17(23)24/h6-8,12-13H,2-5,9H2,1H3,(H,19,21)(H,20,22)(H,23,24)/t12-,13+/m1/s1. The first-order chi connectivity index (χ1) is 11.9. The predicted octanol–water partition coefficient (Wildman–Crippen LogP) is 2.17. The molecule has 136 valence electrons. The molecule has 0 aliphatic heterocycles. The van der Waals surface area contributed by atoms with Gasteiger partial charge in [-0.25, -0.2) is 0 Å². The number of carbonyl (C=O) groups excluding carboxylic acids is 2. The summed E-state index contributed by atoms with van der Waals surface area (Å²) >= 11 is 3.38. The van der Waals surface area contributed by atoms with E-state index in [-0.39, 0.29) is 6.61 Å². The quantitative estimate of drug-likeness (QED) is 0.642. The second kappa shape index (κ2) is 8.84. The zero-order valence-electron chi connectivity index (χ0n) is 13.9. The first kappa shape index (κ1) is 19.2. The van der Waals surface area contributed by atoms with Gasteiger partial charge in [-0.3, -0.25) is 25.2 Å². The van der Waals surface area contributed by atoms with Crippen LogP contribution in [0.4, 0.5) is 0 Å². The molecule has 1 fully saturated rings. The molecule has 1 aromatic carbocycles. The Hall–Kier alpha value is -2.09. The smallest absolute Gasteiger partial charge is 0.307 e. The molecule has 0 heterocycles. The number of benzene rings is 1. The average Bonchev–Trinajstić information content (AvgIpc) is 2.60. The summed E-state index contributed by atoms with van der Waals surface area (Å²) in [6.07, 6.45) is 2.59. The molecule has 0 bridgehead atoms. The van der Waals surface area contributed by atoms with Crippen LogP contribution in [0.3, 0.4) is 0 Å². The van der Waals surface area contributed by atoms with Gasteiger partial charge in [0, 0.05) is 4.47 Å². The molecule has 1 saturated carbocycles. The Bertz CT molecular complexity index is 664. The molecule has 1 aliphatic carbocycles. The van der Waals surface area contributed by atoms with Crippen molar-refractivity contribution in [3.8, 4) is 5.75 Å². The van der Waals surface area contributed by atoms with E-state index in [0.29, 0.717) is 18.6 Å². The van der Waals surface area contributed by atoms with E-state index in [0.717, 1.165) is 22.9 Å². The van der Waals surface area contributed by atoms with Crippen molar-refractivity contribution in [3.63, 3.8) is 0 Å². The Kier molecular flexibility index (Phi) is 6.81. The van der Waals surface area contributed by atoms with Gasteiger partial charge in [-0.1, -0.05) is 28.8 Å². The monoisotopic (exact) mass is 412 g/mol. The van der Waals surface area contributed by atoms with E-state index < -0.39 is 29.6 Å². The molecule has 2 rings (SSSR count). The third-order valence-electron chi connectivity index (χ3n) is 4.24. The summed E-state index contributed by atoms with van der Waals surface area (Å²) in [4.78, 5) is 35.2. The summed E-state index contributed by atoms with van der Waals surface area (Å²) in [7, 11) is 0. The summed E-state index contributed by atoms with van der Waals surface area (Å²) in [5, 5.41) is 9.20. The maximum atomic E-state index is 12.1. The minimum atomic E-state index is -0.972. The summed E-state index contributed by atoms with van der Waals surface area (Å²) in [5.74, 6) is -2.74. The van der Waals surface area contributed by atoms with Crippen LogP contribution in [0, 0.1) is 18.8 Å². The maximum absolute atomic E-state index is 12.1. The number of rotatable bonds is 5. The number of carbonyl (C=O) groups is 3. The van der Waals surface area contributed by atoms with E-state index in [2.05, 4.69) is 26.8 Å². The zero-order valence-corrected chi connectivity index (χ0v) is 15.5. The van der Waals surface area contributed by atoms with Crippen LogP contribution >= 0.6 is 15.9 Å². The second-order valence-corrected chi connectivity index (χ2v) is 6.93. The van der Waals surface area contributed by atoms with Crippen LogP contribution in [-0.2, 0) is 14.4 Å². The van der Waals surface area contributed by atoms with Gasteiger partial charge in [0.15, 0.2) is 6.61 Å². The average molecular weight is 413 g/mol. The molecule has 0 saturated heterocycles. The lowest BCUT2D eigenvalue weighted by molar-refractivity contribution is -0.149. The minimum Gasteiger partial charge on any atom is -0.484 e. The molecule has 0 radical (unpaired) electrons. The number of hydrogen-bond donors (Lipinski definition) is 3. The van der Waals surface area contributed by atoms with Crippen LogP contribution in [0.5, 0.6) is 5.75 Å². The van der Waals surface area contributed by atoms with Crippen LogP contribution in [0.2, 0.25) is 0 Å². The van der Waals surface area contributed by atoms with Gasteiger partial charge in [0.1, 0.15) is 5.75 Å². The molecule has 2 atom stereocenters. The highest BCUT2D eigenvalue weighted by atomic mass is 79.9. The van der Waals surface area contributed by atoms with Gasteiger partial charge >= 0.3 is 5.97 Å². The molecule has 1 aliphatic rings. The van der Waals surface area contributed by atoms with Gasteiger partial charge < -0.3 is 9.84 Å². The summed E-state index contributed by atoms with van der Waals surface area (Å²) in [6.45, 7) is 1.65. The third-order valence-corrected chi connectivity index (χ3v) is 5.13. The molecule has 8 heteroatoms. The van der Waals surface area contributed by atoms with Gasteiger partial charge in [0.25, 0.3) is 5.91 Å². The highest BCUT2D eigenvalue weighted by molar-refractivity contribution is 9.10. The zero-order chi connectivity index (χ0) is 18.4. The first-order valence-corrected chi connectivity index (χ1v) is 8.88. The normalized spacial score (nSPS) is 19.8. The van der Waals surface area contributed by atoms with Crippen LogP contribution in [0.1, 0.15) is 31.2 Å². The van der Waals surface area contributed by atoms with Crippen molar-refractivity contribution >= 4 is 33.7 Å². The SMILES string of the molecule is Cc1cc(OCC(=O)NNC(=O)[C@@H]2CCCC[C@@H]2C(=O)O)ccc1Br.